The molecule has 1 aromatic heterocycles. The second kappa shape index (κ2) is 6.85. The van der Waals surface area contributed by atoms with E-state index in [1.165, 1.54) is 10.9 Å². The number of rotatable bonds is 7. The molecule has 0 saturated carbocycles. The molecule has 0 aliphatic heterocycles. The van der Waals surface area contributed by atoms with Crippen molar-refractivity contribution in [3.8, 4) is 5.75 Å². The molecule has 21 heavy (non-hydrogen) atoms. The molecule has 2 rings (SSSR count). The van der Waals surface area contributed by atoms with Crippen LogP contribution in [0.3, 0.4) is 0 Å². The van der Waals surface area contributed by atoms with E-state index in [-0.39, 0.29) is 11.7 Å². The van der Waals surface area contributed by atoms with Gasteiger partial charge in [-0.3, -0.25) is 4.68 Å². The van der Waals surface area contributed by atoms with Crippen LogP contribution in [-0.4, -0.2) is 39.7 Å². The summed E-state index contributed by atoms with van der Waals surface area (Å²) in [5.41, 5.74) is 1.03. The standard InChI is InChI=1S/C14H18N4O3/c1-10(11-5-3-4-6-13(11)21-2)15-7-8-18-9-12(14(19)20)16-17-18/h3-6,9-10,15H,7-8H2,1-2H3,(H,19,20)/t10-/m1/s1. The Bertz CT molecular complexity index is 612. The molecule has 0 bridgehead atoms. The maximum Gasteiger partial charge on any atom is 0.358 e. The second-order valence-electron chi connectivity index (χ2n) is 4.59. The second-order valence-corrected chi connectivity index (χ2v) is 4.59. The molecule has 2 N–H and O–H groups in total. The predicted octanol–water partition coefficient (Wildman–Crippen LogP) is 1.34. The molecular weight excluding hydrogens is 272 g/mol. The molecule has 0 radical (unpaired) electrons. The highest BCUT2D eigenvalue weighted by atomic mass is 16.5. The van der Waals surface area contributed by atoms with E-state index in [1.54, 1.807) is 7.11 Å². The fourth-order valence-corrected chi connectivity index (χ4v) is 2.04. The van der Waals surface area contributed by atoms with Crippen molar-refractivity contribution in [1.82, 2.24) is 20.3 Å². The number of aromatic carboxylic acids is 1. The average molecular weight is 290 g/mol. The zero-order chi connectivity index (χ0) is 15.2. The molecule has 7 heteroatoms. The van der Waals surface area contributed by atoms with Crippen LogP contribution in [-0.2, 0) is 6.54 Å². The molecule has 0 saturated heterocycles. The Kier molecular flexibility index (Phi) is 4.89. The largest absolute Gasteiger partial charge is 0.496 e. The lowest BCUT2D eigenvalue weighted by molar-refractivity contribution is 0.0690. The first-order valence-corrected chi connectivity index (χ1v) is 6.61. The van der Waals surface area contributed by atoms with Gasteiger partial charge in [-0.05, 0) is 13.0 Å². The fraction of sp³-hybridized carbons (Fsp3) is 0.357. The molecular formula is C14H18N4O3. The lowest BCUT2D eigenvalue weighted by Gasteiger charge is -2.17. The van der Waals surface area contributed by atoms with E-state index in [2.05, 4.69) is 15.6 Å². The third-order valence-electron chi connectivity index (χ3n) is 3.15. The van der Waals surface area contributed by atoms with Gasteiger partial charge in [-0.25, -0.2) is 4.79 Å². The van der Waals surface area contributed by atoms with Crippen LogP contribution in [0.5, 0.6) is 5.75 Å². The van der Waals surface area contributed by atoms with E-state index < -0.39 is 5.97 Å². The normalized spacial score (nSPS) is 12.1. The van der Waals surface area contributed by atoms with Crippen molar-refractivity contribution >= 4 is 5.97 Å². The zero-order valence-corrected chi connectivity index (χ0v) is 12.0. The van der Waals surface area contributed by atoms with Gasteiger partial charge in [-0.15, -0.1) is 5.10 Å². The first-order chi connectivity index (χ1) is 10.1. The molecule has 0 amide bonds. The Labute approximate surface area is 122 Å². The van der Waals surface area contributed by atoms with Gasteiger partial charge >= 0.3 is 5.97 Å². The first kappa shape index (κ1) is 15.0. The highest BCUT2D eigenvalue weighted by Crippen LogP contribution is 2.23. The van der Waals surface area contributed by atoms with Crippen LogP contribution in [0.1, 0.15) is 29.0 Å². The minimum absolute atomic E-state index is 0.0484. The topological polar surface area (TPSA) is 89.3 Å². The molecule has 0 aliphatic carbocycles. The Morgan fingerprint density at radius 2 is 2.24 bits per heavy atom. The van der Waals surface area contributed by atoms with Gasteiger partial charge in [0.05, 0.1) is 19.9 Å². The minimum atomic E-state index is -1.07. The van der Waals surface area contributed by atoms with Crippen LogP contribution < -0.4 is 10.1 Å². The van der Waals surface area contributed by atoms with Crippen LogP contribution >= 0.6 is 0 Å². The summed E-state index contributed by atoms with van der Waals surface area (Å²) in [6, 6.07) is 7.94. The van der Waals surface area contributed by atoms with Gasteiger partial charge in [0.2, 0.25) is 0 Å². The monoisotopic (exact) mass is 290 g/mol. The van der Waals surface area contributed by atoms with Crippen LogP contribution in [0, 0.1) is 0 Å². The summed E-state index contributed by atoms with van der Waals surface area (Å²) in [4.78, 5) is 10.7. The van der Waals surface area contributed by atoms with Crippen LogP contribution in [0.15, 0.2) is 30.5 Å². The van der Waals surface area contributed by atoms with Crippen molar-refractivity contribution < 1.29 is 14.6 Å². The SMILES string of the molecule is COc1ccccc1[C@@H](C)NCCn1cc(C(=O)O)nn1. The van der Waals surface area contributed by atoms with Crippen molar-refractivity contribution in [1.29, 1.82) is 0 Å². The van der Waals surface area contributed by atoms with Gasteiger partial charge in [0.15, 0.2) is 5.69 Å². The molecule has 0 aliphatic rings. The smallest absolute Gasteiger partial charge is 0.358 e. The molecule has 0 spiro atoms. The quantitative estimate of drug-likeness (QED) is 0.799. The Morgan fingerprint density at radius 3 is 2.90 bits per heavy atom. The summed E-state index contributed by atoms with van der Waals surface area (Å²) in [7, 11) is 1.65. The molecule has 1 heterocycles. The molecule has 0 fully saturated rings. The third-order valence-corrected chi connectivity index (χ3v) is 3.15. The van der Waals surface area contributed by atoms with Gasteiger partial charge < -0.3 is 15.2 Å². The lowest BCUT2D eigenvalue weighted by Crippen LogP contribution is -2.24. The number of carboxylic acid groups (broad SMARTS) is 1. The Morgan fingerprint density at radius 1 is 1.48 bits per heavy atom. The van der Waals surface area contributed by atoms with Crippen molar-refractivity contribution in [2.45, 2.75) is 19.5 Å². The van der Waals surface area contributed by atoms with Crippen LogP contribution in [0.2, 0.25) is 0 Å². The van der Waals surface area contributed by atoms with E-state index >= 15 is 0 Å². The van der Waals surface area contributed by atoms with Gasteiger partial charge in [-0.2, -0.15) is 0 Å². The van der Waals surface area contributed by atoms with E-state index in [0.29, 0.717) is 13.1 Å². The summed E-state index contributed by atoms with van der Waals surface area (Å²) >= 11 is 0. The highest BCUT2D eigenvalue weighted by Gasteiger charge is 2.11. The number of hydrogen-bond donors (Lipinski definition) is 2. The summed E-state index contributed by atoms with van der Waals surface area (Å²) in [6.45, 7) is 3.23. The number of benzene rings is 1. The number of nitrogens with zero attached hydrogens (tertiary/aromatic N) is 3. The number of aromatic nitrogens is 3. The van der Waals surface area contributed by atoms with Gasteiger partial charge in [0.25, 0.3) is 0 Å². The molecule has 2 aromatic rings. The maximum atomic E-state index is 10.7. The molecule has 1 atom stereocenters. The highest BCUT2D eigenvalue weighted by molar-refractivity contribution is 5.84. The average Bonchev–Trinajstić information content (AvgIpc) is 2.96. The Balaban J connectivity index is 1.89. The number of ether oxygens (including phenoxy) is 1. The minimum Gasteiger partial charge on any atom is -0.496 e. The maximum absolute atomic E-state index is 10.7. The molecule has 112 valence electrons. The fourth-order valence-electron chi connectivity index (χ4n) is 2.04. The van der Waals surface area contributed by atoms with E-state index in [1.807, 2.05) is 31.2 Å². The van der Waals surface area contributed by atoms with Crippen molar-refractivity contribution in [3.63, 3.8) is 0 Å². The summed E-state index contributed by atoms with van der Waals surface area (Å²) in [6.07, 6.45) is 1.41. The zero-order valence-electron chi connectivity index (χ0n) is 12.0. The van der Waals surface area contributed by atoms with Gasteiger partial charge in [0, 0.05) is 18.2 Å². The number of carbonyl (C=O) groups is 1. The molecule has 1 aromatic carbocycles. The number of para-hydroxylation sites is 1. The third kappa shape index (κ3) is 3.79. The van der Waals surface area contributed by atoms with Crippen LogP contribution in [0.25, 0.3) is 0 Å². The number of hydrogen-bond acceptors (Lipinski definition) is 5. The van der Waals surface area contributed by atoms with Crippen LogP contribution in [0.4, 0.5) is 0 Å². The first-order valence-electron chi connectivity index (χ1n) is 6.61. The van der Waals surface area contributed by atoms with Crippen molar-refractivity contribution in [2.75, 3.05) is 13.7 Å². The number of methoxy groups -OCH3 is 1. The molecule has 0 unspecified atom stereocenters. The van der Waals surface area contributed by atoms with Crippen molar-refractivity contribution in [3.05, 3.63) is 41.7 Å². The van der Waals surface area contributed by atoms with Gasteiger partial charge in [-0.1, -0.05) is 23.4 Å². The Hall–Kier alpha value is -2.41. The lowest BCUT2D eigenvalue weighted by atomic mass is 10.1. The number of carboxylic acids is 1. The summed E-state index contributed by atoms with van der Waals surface area (Å²) in [5.74, 6) is -0.233. The molecule has 7 nitrogen and oxygen atoms in total. The number of nitrogens with one attached hydrogen (secondary N) is 1. The van der Waals surface area contributed by atoms with E-state index in [0.717, 1.165) is 11.3 Å². The predicted molar refractivity (Wildman–Crippen MR) is 76.4 cm³/mol. The van der Waals surface area contributed by atoms with Crippen molar-refractivity contribution in [2.24, 2.45) is 0 Å². The van der Waals surface area contributed by atoms with E-state index in [4.69, 9.17) is 9.84 Å². The summed E-state index contributed by atoms with van der Waals surface area (Å²) in [5, 5.41) is 19.4. The van der Waals surface area contributed by atoms with Gasteiger partial charge in [0.1, 0.15) is 5.75 Å². The summed E-state index contributed by atoms with van der Waals surface area (Å²) < 4.78 is 6.83. The van der Waals surface area contributed by atoms with E-state index in [9.17, 15) is 4.79 Å².